The third-order valence-electron chi connectivity index (χ3n) is 5.11. The number of H-pyrrole nitrogens is 1. The number of nitrogens with zero attached hydrogens (tertiary/aromatic N) is 2. The highest BCUT2D eigenvalue weighted by Crippen LogP contribution is 2.23. The Labute approximate surface area is 174 Å². The number of aryl methyl sites for hydroxylation is 1. The highest BCUT2D eigenvalue weighted by molar-refractivity contribution is 6.30. The molecule has 2 unspecified atom stereocenters. The molecule has 8 nitrogen and oxygen atoms in total. The van der Waals surface area contributed by atoms with Gasteiger partial charge in [-0.05, 0) is 31.0 Å². The average Bonchev–Trinajstić information content (AvgIpc) is 3.14. The number of piperidine rings is 1. The Balaban J connectivity index is 1.68. The standard InChI is InChI=1S/C20H25ClN4O4/c1-4-14-17(21)24-18(22-14)19(26)23-15-8-9-25(11-16(15)28-2)13-7-5-6-12(10-13)20(27)29-3/h5-7,10,15-16H,4,8-9,11H2,1-3H3,(H,22,24)(H,23,26). The molecule has 1 amide bonds. The Morgan fingerprint density at radius 1 is 1.38 bits per heavy atom. The summed E-state index contributed by atoms with van der Waals surface area (Å²) in [5.41, 5.74) is 2.14. The number of hydrogen-bond donors (Lipinski definition) is 2. The van der Waals surface area contributed by atoms with Crippen LogP contribution in [-0.2, 0) is 15.9 Å². The number of benzene rings is 1. The van der Waals surface area contributed by atoms with E-state index in [1.807, 2.05) is 19.1 Å². The second-order valence-corrected chi connectivity index (χ2v) is 7.20. The molecule has 2 heterocycles. The second kappa shape index (κ2) is 9.28. The van der Waals surface area contributed by atoms with E-state index >= 15 is 0 Å². The number of hydrogen-bond acceptors (Lipinski definition) is 6. The predicted molar refractivity (Wildman–Crippen MR) is 110 cm³/mol. The van der Waals surface area contributed by atoms with E-state index in [9.17, 15) is 9.59 Å². The molecule has 1 aliphatic heterocycles. The maximum absolute atomic E-state index is 12.6. The molecular weight excluding hydrogens is 396 g/mol. The maximum atomic E-state index is 12.6. The smallest absolute Gasteiger partial charge is 0.337 e. The molecule has 0 saturated carbocycles. The van der Waals surface area contributed by atoms with Gasteiger partial charge in [-0.25, -0.2) is 9.78 Å². The molecule has 1 aromatic carbocycles. The summed E-state index contributed by atoms with van der Waals surface area (Å²) in [6.07, 6.45) is 1.13. The first-order chi connectivity index (χ1) is 14.0. The molecule has 9 heteroatoms. The molecule has 0 bridgehead atoms. The number of amides is 1. The van der Waals surface area contributed by atoms with Crippen molar-refractivity contribution in [2.45, 2.75) is 31.9 Å². The Morgan fingerprint density at radius 2 is 2.17 bits per heavy atom. The fourth-order valence-corrected chi connectivity index (χ4v) is 3.73. The summed E-state index contributed by atoms with van der Waals surface area (Å²) in [5, 5.41) is 3.32. The van der Waals surface area contributed by atoms with Crippen LogP contribution in [0.15, 0.2) is 24.3 Å². The fourth-order valence-electron chi connectivity index (χ4n) is 3.47. The molecule has 1 saturated heterocycles. The van der Waals surface area contributed by atoms with Crippen LogP contribution >= 0.6 is 11.6 Å². The van der Waals surface area contributed by atoms with Crippen molar-refractivity contribution in [3.63, 3.8) is 0 Å². The number of imidazole rings is 1. The number of anilines is 1. The van der Waals surface area contributed by atoms with Gasteiger partial charge in [0.15, 0.2) is 11.0 Å². The van der Waals surface area contributed by atoms with Crippen molar-refractivity contribution >= 4 is 29.2 Å². The summed E-state index contributed by atoms with van der Waals surface area (Å²) >= 11 is 6.03. The van der Waals surface area contributed by atoms with Crippen LogP contribution in [0.25, 0.3) is 0 Å². The molecule has 29 heavy (non-hydrogen) atoms. The minimum atomic E-state index is -0.374. The number of aromatic nitrogens is 2. The molecule has 156 valence electrons. The third-order valence-corrected chi connectivity index (χ3v) is 5.42. The Hall–Kier alpha value is -2.58. The number of ether oxygens (including phenoxy) is 2. The molecule has 3 rings (SSSR count). The van der Waals surface area contributed by atoms with Crippen LogP contribution in [-0.4, -0.2) is 61.3 Å². The lowest BCUT2D eigenvalue weighted by molar-refractivity contribution is 0.0537. The van der Waals surface area contributed by atoms with E-state index in [-0.39, 0.29) is 29.8 Å². The molecular formula is C20H25ClN4O4. The molecule has 0 aliphatic carbocycles. The van der Waals surface area contributed by atoms with Crippen molar-refractivity contribution in [1.82, 2.24) is 15.3 Å². The van der Waals surface area contributed by atoms with Crippen molar-refractivity contribution in [2.75, 3.05) is 32.2 Å². The first kappa shape index (κ1) is 21.1. The number of methoxy groups -OCH3 is 2. The predicted octanol–water partition coefficient (Wildman–Crippen LogP) is 2.44. The van der Waals surface area contributed by atoms with Crippen molar-refractivity contribution in [3.05, 3.63) is 46.5 Å². The summed E-state index contributed by atoms with van der Waals surface area (Å²) in [7, 11) is 2.98. The number of aromatic amines is 1. The molecule has 2 aromatic rings. The molecule has 1 aromatic heterocycles. The number of rotatable bonds is 6. The highest BCUT2D eigenvalue weighted by atomic mass is 35.5. The Morgan fingerprint density at radius 3 is 2.83 bits per heavy atom. The van der Waals surface area contributed by atoms with Crippen molar-refractivity contribution < 1.29 is 19.1 Å². The van der Waals surface area contributed by atoms with Gasteiger partial charge in [0.25, 0.3) is 5.91 Å². The second-order valence-electron chi connectivity index (χ2n) is 6.84. The maximum Gasteiger partial charge on any atom is 0.337 e. The zero-order valence-corrected chi connectivity index (χ0v) is 17.5. The average molecular weight is 421 g/mol. The minimum Gasteiger partial charge on any atom is -0.465 e. The van der Waals surface area contributed by atoms with Gasteiger partial charge in [0.1, 0.15) is 0 Å². The van der Waals surface area contributed by atoms with Gasteiger partial charge in [-0.3, -0.25) is 4.79 Å². The highest BCUT2D eigenvalue weighted by Gasteiger charge is 2.31. The van der Waals surface area contributed by atoms with Crippen molar-refractivity contribution in [2.24, 2.45) is 0 Å². The van der Waals surface area contributed by atoms with E-state index < -0.39 is 0 Å². The van der Waals surface area contributed by atoms with Crippen LogP contribution in [0.3, 0.4) is 0 Å². The quantitative estimate of drug-likeness (QED) is 0.697. The lowest BCUT2D eigenvalue weighted by atomic mass is 10.0. The van der Waals surface area contributed by atoms with Crippen LogP contribution < -0.4 is 10.2 Å². The van der Waals surface area contributed by atoms with E-state index in [2.05, 4.69) is 20.2 Å². The van der Waals surface area contributed by atoms with E-state index in [0.717, 1.165) is 11.4 Å². The van der Waals surface area contributed by atoms with E-state index in [0.29, 0.717) is 36.6 Å². The number of carbonyl (C=O) groups excluding carboxylic acids is 2. The van der Waals surface area contributed by atoms with Crippen molar-refractivity contribution in [3.8, 4) is 0 Å². The molecule has 2 atom stereocenters. The van der Waals surface area contributed by atoms with Gasteiger partial charge in [-0.2, -0.15) is 0 Å². The van der Waals surface area contributed by atoms with Gasteiger partial charge in [0, 0.05) is 25.9 Å². The normalized spacial score (nSPS) is 19.1. The Kier molecular flexibility index (Phi) is 6.76. The van der Waals surface area contributed by atoms with Crippen LogP contribution in [0.5, 0.6) is 0 Å². The van der Waals surface area contributed by atoms with Gasteiger partial charge in [0.05, 0.1) is 30.5 Å². The number of nitrogens with one attached hydrogen (secondary N) is 2. The van der Waals surface area contributed by atoms with Crippen molar-refractivity contribution in [1.29, 1.82) is 0 Å². The summed E-state index contributed by atoms with van der Waals surface area (Å²) in [4.78, 5) is 33.6. The van der Waals surface area contributed by atoms with Gasteiger partial charge in [-0.15, -0.1) is 0 Å². The summed E-state index contributed by atoms with van der Waals surface area (Å²) in [6, 6.07) is 7.11. The lowest BCUT2D eigenvalue weighted by Gasteiger charge is -2.39. The van der Waals surface area contributed by atoms with Gasteiger partial charge in [0.2, 0.25) is 0 Å². The molecule has 0 radical (unpaired) electrons. The van der Waals surface area contributed by atoms with Crippen LogP contribution in [0.1, 0.15) is 40.0 Å². The first-order valence-electron chi connectivity index (χ1n) is 9.48. The molecule has 1 aliphatic rings. The SMILES string of the molecule is CCc1[nH]c(C(=O)NC2CCN(c3cccc(C(=O)OC)c3)CC2OC)nc1Cl. The summed E-state index contributed by atoms with van der Waals surface area (Å²) in [5.74, 6) is -0.476. The lowest BCUT2D eigenvalue weighted by Crippen LogP contribution is -2.55. The first-order valence-corrected chi connectivity index (χ1v) is 9.86. The van der Waals surface area contributed by atoms with Gasteiger partial charge >= 0.3 is 5.97 Å². The van der Waals surface area contributed by atoms with Gasteiger partial charge < -0.3 is 24.7 Å². The van der Waals surface area contributed by atoms with Crippen LogP contribution in [0, 0.1) is 0 Å². The topological polar surface area (TPSA) is 96.6 Å². The van der Waals surface area contributed by atoms with Crippen LogP contribution in [0.4, 0.5) is 5.69 Å². The minimum absolute atomic E-state index is 0.165. The van der Waals surface area contributed by atoms with E-state index in [1.54, 1.807) is 19.2 Å². The van der Waals surface area contributed by atoms with E-state index in [4.69, 9.17) is 21.1 Å². The zero-order chi connectivity index (χ0) is 21.0. The molecule has 2 N–H and O–H groups in total. The molecule has 1 fully saturated rings. The zero-order valence-electron chi connectivity index (χ0n) is 16.7. The monoisotopic (exact) mass is 420 g/mol. The number of carbonyl (C=O) groups is 2. The largest absolute Gasteiger partial charge is 0.465 e. The number of esters is 1. The number of halogens is 1. The molecule has 0 spiro atoms. The van der Waals surface area contributed by atoms with Gasteiger partial charge in [-0.1, -0.05) is 24.6 Å². The third kappa shape index (κ3) is 4.71. The summed E-state index contributed by atoms with van der Waals surface area (Å²) in [6.45, 7) is 3.21. The Bertz CT molecular complexity index is 885. The van der Waals surface area contributed by atoms with Crippen LogP contribution in [0.2, 0.25) is 5.15 Å². The van der Waals surface area contributed by atoms with E-state index in [1.165, 1.54) is 7.11 Å². The fraction of sp³-hybridized carbons (Fsp3) is 0.450. The summed E-state index contributed by atoms with van der Waals surface area (Å²) < 4.78 is 10.4.